The summed E-state index contributed by atoms with van der Waals surface area (Å²) in [4.78, 5) is 16.2. The van der Waals surface area contributed by atoms with E-state index >= 15 is 0 Å². The number of rotatable bonds is 6. The van der Waals surface area contributed by atoms with Gasteiger partial charge in [-0.05, 0) is 25.7 Å². The minimum absolute atomic E-state index is 0.0486. The van der Waals surface area contributed by atoms with E-state index < -0.39 is 0 Å². The molecule has 2 unspecified atom stereocenters. The quantitative estimate of drug-likeness (QED) is 0.777. The summed E-state index contributed by atoms with van der Waals surface area (Å²) in [5.41, 5.74) is 0. The van der Waals surface area contributed by atoms with E-state index in [0.717, 1.165) is 24.7 Å². The monoisotopic (exact) mass is 271 g/mol. The van der Waals surface area contributed by atoms with E-state index in [1.54, 1.807) is 11.8 Å². The van der Waals surface area contributed by atoms with Crippen LogP contribution in [0.15, 0.2) is 4.99 Å². The Hall–Kier alpha value is -0.710. The standard InChI is InChI=1S/C13H25N3OS/c1-5-6-14-12(17)10(4)16-13-15-8-11(18-13)7-9(2)3/h9-11H,5-8H2,1-4H3,(H,14,17)(H,15,16). The molecule has 1 aliphatic rings. The van der Waals surface area contributed by atoms with Crippen LogP contribution in [0.2, 0.25) is 0 Å². The molecule has 18 heavy (non-hydrogen) atoms. The second-order valence-corrected chi connectivity index (χ2v) is 6.46. The van der Waals surface area contributed by atoms with Gasteiger partial charge in [-0.15, -0.1) is 0 Å². The molecular weight excluding hydrogens is 246 g/mol. The van der Waals surface area contributed by atoms with Crippen LogP contribution in [0.4, 0.5) is 0 Å². The fourth-order valence-corrected chi connectivity index (χ4v) is 3.14. The fraction of sp³-hybridized carbons (Fsp3) is 0.846. The number of amidine groups is 1. The molecular formula is C13H25N3OS. The highest BCUT2D eigenvalue weighted by Gasteiger charge is 2.23. The van der Waals surface area contributed by atoms with Crippen LogP contribution in [0.3, 0.4) is 0 Å². The minimum atomic E-state index is -0.208. The Morgan fingerprint density at radius 1 is 1.50 bits per heavy atom. The highest BCUT2D eigenvalue weighted by molar-refractivity contribution is 8.14. The zero-order valence-electron chi connectivity index (χ0n) is 11.8. The SMILES string of the molecule is CCCNC(=O)C(C)NC1=NCC(CC(C)C)S1. The van der Waals surface area contributed by atoms with Crippen LogP contribution in [0.5, 0.6) is 0 Å². The topological polar surface area (TPSA) is 53.5 Å². The molecule has 0 spiro atoms. The number of aliphatic imine (C=N–C) groups is 1. The summed E-state index contributed by atoms with van der Waals surface area (Å²) in [6.07, 6.45) is 2.14. The Bertz CT molecular complexity index is 305. The lowest BCUT2D eigenvalue weighted by Crippen LogP contribution is -2.44. The molecule has 5 heteroatoms. The van der Waals surface area contributed by atoms with Gasteiger partial charge in [0.15, 0.2) is 5.17 Å². The third-order valence-electron chi connectivity index (χ3n) is 2.73. The summed E-state index contributed by atoms with van der Waals surface area (Å²) >= 11 is 1.77. The third kappa shape index (κ3) is 5.29. The molecule has 0 aliphatic carbocycles. The van der Waals surface area contributed by atoms with Crippen molar-refractivity contribution in [3.63, 3.8) is 0 Å². The lowest BCUT2D eigenvalue weighted by Gasteiger charge is -2.15. The van der Waals surface area contributed by atoms with Crippen molar-refractivity contribution in [3.05, 3.63) is 0 Å². The van der Waals surface area contributed by atoms with E-state index in [4.69, 9.17) is 0 Å². The van der Waals surface area contributed by atoms with Gasteiger partial charge >= 0.3 is 0 Å². The molecule has 104 valence electrons. The summed E-state index contributed by atoms with van der Waals surface area (Å²) in [5, 5.41) is 7.56. The summed E-state index contributed by atoms with van der Waals surface area (Å²) in [7, 11) is 0. The molecule has 0 radical (unpaired) electrons. The molecule has 0 bridgehead atoms. The molecule has 1 heterocycles. The Labute approximate surface area is 114 Å². The Kier molecular flexibility index (Phi) is 6.54. The van der Waals surface area contributed by atoms with Crippen molar-refractivity contribution in [3.8, 4) is 0 Å². The van der Waals surface area contributed by atoms with Crippen molar-refractivity contribution in [2.75, 3.05) is 13.1 Å². The zero-order valence-corrected chi connectivity index (χ0v) is 12.6. The van der Waals surface area contributed by atoms with Gasteiger partial charge in [0, 0.05) is 11.8 Å². The molecule has 2 N–H and O–H groups in total. The number of thioether (sulfide) groups is 1. The Morgan fingerprint density at radius 2 is 2.22 bits per heavy atom. The van der Waals surface area contributed by atoms with Crippen molar-refractivity contribution in [2.45, 2.75) is 51.8 Å². The second kappa shape index (κ2) is 7.67. The normalized spacial score (nSPS) is 20.7. The van der Waals surface area contributed by atoms with Crippen LogP contribution in [-0.4, -0.2) is 35.5 Å². The molecule has 2 atom stereocenters. The maximum atomic E-state index is 11.7. The first-order chi connectivity index (χ1) is 8.52. The van der Waals surface area contributed by atoms with E-state index in [2.05, 4.69) is 29.5 Å². The smallest absolute Gasteiger partial charge is 0.242 e. The average Bonchev–Trinajstić information content (AvgIpc) is 2.72. The van der Waals surface area contributed by atoms with Gasteiger partial charge in [-0.2, -0.15) is 0 Å². The summed E-state index contributed by atoms with van der Waals surface area (Å²) in [6.45, 7) is 9.99. The van der Waals surface area contributed by atoms with Crippen LogP contribution in [0, 0.1) is 5.92 Å². The van der Waals surface area contributed by atoms with Crippen LogP contribution < -0.4 is 10.6 Å². The molecule has 0 fully saturated rings. The molecule has 0 saturated heterocycles. The molecule has 1 rings (SSSR count). The first-order valence-electron chi connectivity index (χ1n) is 6.78. The summed E-state index contributed by atoms with van der Waals surface area (Å²) < 4.78 is 0. The average molecular weight is 271 g/mol. The minimum Gasteiger partial charge on any atom is -0.354 e. The number of hydrogen-bond acceptors (Lipinski definition) is 4. The van der Waals surface area contributed by atoms with Crippen LogP contribution in [-0.2, 0) is 4.79 Å². The first kappa shape index (κ1) is 15.3. The number of amides is 1. The van der Waals surface area contributed by atoms with E-state index in [-0.39, 0.29) is 11.9 Å². The highest BCUT2D eigenvalue weighted by atomic mass is 32.2. The largest absolute Gasteiger partial charge is 0.354 e. The lowest BCUT2D eigenvalue weighted by molar-refractivity contribution is -0.122. The maximum Gasteiger partial charge on any atom is 0.242 e. The summed E-state index contributed by atoms with van der Waals surface area (Å²) in [5.74, 6) is 0.745. The number of nitrogens with one attached hydrogen (secondary N) is 2. The molecule has 4 nitrogen and oxygen atoms in total. The van der Waals surface area contributed by atoms with Gasteiger partial charge in [-0.1, -0.05) is 32.5 Å². The van der Waals surface area contributed by atoms with Crippen molar-refractivity contribution in [1.82, 2.24) is 10.6 Å². The molecule has 1 amide bonds. The number of carbonyl (C=O) groups is 1. The number of carbonyl (C=O) groups excluding carboxylic acids is 1. The fourth-order valence-electron chi connectivity index (χ4n) is 1.80. The molecule has 1 aliphatic heterocycles. The van der Waals surface area contributed by atoms with E-state index in [0.29, 0.717) is 11.2 Å². The van der Waals surface area contributed by atoms with Gasteiger partial charge in [-0.3, -0.25) is 9.79 Å². The van der Waals surface area contributed by atoms with E-state index in [1.165, 1.54) is 6.42 Å². The van der Waals surface area contributed by atoms with Crippen LogP contribution >= 0.6 is 11.8 Å². The van der Waals surface area contributed by atoms with Crippen molar-refractivity contribution in [1.29, 1.82) is 0 Å². The first-order valence-corrected chi connectivity index (χ1v) is 7.66. The van der Waals surface area contributed by atoms with Gasteiger partial charge in [0.25, 0.3) is 0 Å². The maximum absolute atomic E-state index is 11.7. The molecule has 0 saturated carbocycles. The summed E-state index contributed by atoms with van der Waals surface area (Å²) in [6, 6.07) is -0.208. The Morgan fingerprint density at radius 3 is 2.83 bits per heavy atom. The van der Waals surface area contributed by atoms with Crippen molar-refractivity contribution in [2.24, 2.45) is 10.9 Å². The zero-order chi connectivity index (χ0) is 13.5. The number of hydrogen-bond donors (Lipinski definition) is 2. The Balaban J connectivity index is 2.29. The van der Waals surface area contributed by atoms with Gasteiger partial charge in [0.05, 0.1) is 6.54 Å². The third-order valence-corrected chi connectivity index (χ3v) is 3.88. The van der Waals surface area contributed by atoms with Crippen LogP contribution in [0.1, 0.15) is 40.5 Å². The molecule has 0 aromatic heterocycles. The van der Waals surface area contributed by atoms with Gasteiger partial charge in [-0.25, -0.2) is 0 Å². The van der Waals surface area contributed by atoms with E-state index in [9.17, 15) is 4.79 Å². The highest BCUT2D eigenvalue weighted by Crippen LogP contribution is 2.25. The van der Waals surface area contributed by atoms with E-state index in [1.807, 2.05) is 13.8 Å². The lowest BCUT2D eigenvalue weighted by atomic mass is 10.1. The molecule has 0 aromatic carbocycles. The van der Waals surface area contributed by atoms with Crippen LogP contribution in [0.25, 0.3) is 0 Å². The van der Waals surface area contributed by atoms with Gasteiger partial charge in [0.1, 0.15) is 6.04 Å². The van der Waals surface area contributed by atoms with Gasteiger partial charge in [0.2, 0.25) is 5.91 Å². The van der Waals surface area contributed by atoms with Gasteiger partial charge < -0.3 is 10.6 Å². The second-order valence-electron chi connectivity index (χ2n) is 5.17. The predicted molar refractivity (Wildman–Crippen MR) is 79.0 cm³/mol. The molecule has 0 aromatic rings. The predicted octanol–water partition coefficient (Wildman–Crippen LogP) is 2.01. The van der Waals surface area contributed by atoms with Crippen molar-refractivity contribution >= 4 is 22.8 Å². The number of nitrogens with zero attached hydrogens (tertiary/aromatic N) is 1. The van der Waals surface area contributed by atoms with Crippen molar-refractivity contribution < 1.29 is 4.79 Å².